The Bertz CT molecular complexity index is 1710. The third-order valence-corrected chi connectivity index (χ3v) is 5.64. The van der Waals surface area contributed by atoms with E-state index in [-0.39, 0.29) is 28.2 Å². The molecule has 0 spiro atoms. The smallest absolute Gasteiger partial charge is 0.450 e. The zero-order valence-electron chi connectivity index (χ0n) is 19.3. The summed E-state index contributed by atoms with van der Waals surface area (Å²) in [6, 6.07) is 15.9. The lowest BCUT2D eigenvalue weighted by atomic mass is 10.0. The molecule has 5 rings (SSSR count). The van der Waals surface area contributed by atoms with E-state index in [1.165, 1.54) is 50.6 Å². The fourth-order valence-corrected chi connectivity index (χ4v) is 3.99. The molecule has 0 radical (unpaired) electrons. The molecule has 7 nitrogen and oxygen atoms in total. The molecule has 0 fully saturated rings. The van der Waals surface area contributed by atoms with Crippen LogP contribution < -0.4 is 19.6 Å². The Balaban J connectivity index is 1.58. The molecule has 0 saturated heterocycles. The number of hydrogen-bond donors (Lipinski definition) is 0. The molecule has 2 aromatic heterocycles. The number of furan rings is 1. The van der Waals surface area contributed by atoms with Crippen LogP contribution in [0, 0.1) is 0 Å². The second kappa shape index (κ2) is 9.05. The van der Waals surface area contributed by atoms with Gasteiger partial charge in [0, 0.05) is 17.0 Å². The Kier molecular flexibility index (Phi) is 5.87. The van der Waals surface area contributed by atoms with Gasteiger partial charge in [0.15, 0.2) is 11.3 Å². The van der Waals surface area contributed by atoms with Crippen LogP contribution in [0.4, 0.5) is 13.2 Å². The lowest BCUT2D eigenvalue weighted by Crippen LogP contribution is -2.16. The van der Waals surface area contributed by atoms with Crippen LogP contribution in [0.5, 0.6) is 17.2 Å². The molecule has 0 saturated carbocycles. The normalized spacial score (nSPS) is 11.6. The van der Waals surface area contributed by atoms with Crippen molar-refractivity contribution in [3.63, 3.8) is 0 Å². The summed E-state index contributed by atoms with van der Waals surface area (Å²) in [5, 5.41) is 0.455. The zero-order valence-corrected chi connectivity index (χ0v) is 19.3. The summed E-state index contributed by atoms with van der Waals surface area (Å²) in [4.78, 5) is 25.9. The number of para-hydroxylation sites is 2. The van der Waals surface area contributed by atoms with E-state index in [0.29, 0.717) is 16.7 Å². The molecule has 5 aromatic rings. The average Bonchev–Trinajstić information content (AvgIpc) is 3.33. The number of fused-ring (bicyclic) bond motifs is 2. The lowest BCUT2D eigenvalue weighted by Gasteiger charge is -2.15. The highest BCUT2D eigenvalue weighted by molar-refractivity contribution is 5.95. The van der Waals surface area contributed by atoms with Gasteiger partial charge in [0.1, 0.15) is 17.1 Å². The molecule has 3 aromatic carbocycles. The van der Waals surface area contributed by atoms with E-state index in [2.05, 4.69) is 0 Å². The quantitative estimate of drug-likeness (QED) is 0.198. The number of methoxy groups -OCH3 is 2. The van der Waals surface area contributed by atoms with Gasteiger partial charge in [-0.05, 0) is 30.3 Å². The van der Waals surface area contributed by atoms with Crippen molar-refractivity contribution in [1.29, 1.82) is 0 Å². The van der Waals surface area contributed by atoms with Crippen molar-refractivity contribution in [2.24, 2.45) is 0 Å². The van der Waals surface area contributed by atoms with E-state index in [1.54, 1.807) is 24.3 Å². The van der Waals surface area contributed by atoms with E-state index in [0.717, 1.165) is 6.07 Å². The standard InChI is InChI=1S/C27H17F3O7/c1-33-18-8-4-3-7-16(18)22-23(31)17-11-10-15(13-20(17)37-25(22)27(28,29)30)35-26(32)21-12-14-6-5-9-19(34-2)24(14)36-21/h3-13H,1-2H3. The van der Waals surface area contributed by atoms with Gasteiger partial charge in [-0.1, -0.05) is 30.3 Å². The molecule has 0 atom stereocenters. The van der Waals surface area contributed by atoms with E-state index >= 15 is 0 Å². The summed E-state index contributed by atoms with van der Waals surface area (Å²) in [5.74, 6) is -2.21. The van der Waals surface area contributed by atoms with Crippen LogP contribution in [0.1, 0.15) is 16.3 Å². The molecule has 2 heterocycles. The van der Waals surface area contributed by atoms with Gasteiger partial charge in [-0.3, -0.25) is 4.79 Å². The number of halogens is 3. The third-order valence-electron chi connectivity index (χ3n) is 5.64. The number of benzene rings is 3. The van der Waals surface area contributed by atoms with Gasteiger partial charge in [0.25, 0.3) is 0 Å². The van der Waals surface area contributed by atoms with Crippen molar-refractivity contribution in [3.8, 4) is 28.4 Å². The third kappa shape index (κ3) is 4.26. The minimum atomic E-state index is -5.00. The van der Waals surface area contributed by atoms with Crippen LogP contribution in [0.2, 0.25) is 0 Å². The Labute approximate surface area is 206 Å². The van der Waals surface area contributed by atoms with Crippen LogP contribution in [0.3, 0.4) is 0 Å². The predicted octanol–water partition coefficient (Wildman–Crippen LogP) is 6.46. The van der Waals surface area contributed by atoms with Gasteiger partial charge >= 0.3 is 12.1 Å². The first-order valence-corrected chi connectivity index (χ1v) is 10.8. The van der Waals surface area contributed by atoms with Crippen LogP contribution in [-0.2, 0) is 6.18 Å². The second-order valence-electron chi connectivity index (χ2n) is 7.87. The van der Waals surface area contributed by atoms with Crippen molar-refractivity contribution < 1.29 is 41.0 Å². The minimum absolute atomic E-state index is 0.0659. The summed E-state index contributed by atoms with van der Waals surface area (Å²) in [6.07, 6.45) is -5.00. The van der Waals surface area contributed by atoms with Gasteiger partial charge in [-0.25, -0.2) is 4.79 Å². The molecule has 0 unspecified atom stereocenters. The topological polar surface area (TPSA) is 88.1 Å². The van der Waals surface area contributed by atoms with Crippen molar-refractivity contribution in [3.05, 3.63) is 88.5 Å². The average molecular weight is 510 g/mol. The molecule has 10 heteroatoms. The molecule has 0 bridgehead atoms. The Hall–Kier alpha value is -4.73. The molecular formula is C27H17F3O7. The fourth-order valence-electron chi connectivity index (χ4n) is 3.99. The maximum atomic E-state index is 14.0. The predicted molar refractivity (Wildman–Crippen MR) is 127 cm³/mol. The van der Waals surface area contributed by atoms with Crippen LogP contribution in [0.25, 0.3) is 33.1 Å². The Morgan fingerprint density at radius 3 is 2.32 bits per heavy atom. The maximum Gasteiger partial charge on any atom is 0.450 e. The van der Waals surface area contributed by atoms with E-state index in [1.807, 2.05) is 0 Å². The van der Waals surface area contributed by atoms with Crippen molar-refractivity contribution in [2.75, 3.05) is 14.2 Å². The van der Waals surface area contributed by atoms with E-state index < -0.39 is 34.5 Å². The number of carbonyl (C=O) groups excluding carboxylic acids is 1. The molecule has 0 aliphatic carbocycles. The number of esters is 1. The number of alkyl halides is 3. The zero-order chi connectivity index (χ0) is 26.3. The van der Waals surface area contributed by atoms with Gasteiger partial charge in [-0.2, -0.15) is 13.2 Å². The first-order chi connectivity index (χ1) is 17.7. The molecule has 0 amide bonds. The molecule has 0 aliphatic heterocycles. The largest absolute Gasteiger partial charge is 0.496 e. The highest BCUT2D eigenvalue weighted by Gasteiger charge is 2.40. The van der Waals surface area contributed by atoms with Crippen molar-refractivity contribution >= 4 is 27.9 Å². The second-order valence-corrected chi connectivity index (χ2v) is 7.87. The number of rotatable bonds is 5. The first-order valence-electron chi connectivity index (χ1n) is 10.8. The summed E-state index contributed by atoms with van der Waals surface area (Å²) in [5.41, 5.74) is -1.74. The number of ether oxygens (including phenoxy) is 3. The van der Waals surface area contributed by atoms with Gasteiger partial charge in [-0.15, -0.1) is 0 Å². The number of carbonyl (C=O) groups is 1. The number of hydrogen-bond acceptors (Lipinski definition) is 7. The lowest BCUT2D eigenvalue weighted by molar-refractivity contribution is -0.152. The van der Waals surface area contributed by atoms with Gasteiger partial charge in [0.2, 0.25) is 16.9 Å². The molecule has 188 valence electrons. The SMILES string of the molecule is COc1ccccc1-c1c(C(F)(F)F)oc2cc(OC(=O)c3cc4cccc(OC)c4o3)ccc2c1=O. The van der Waals surface area contributed by atoms with Crippen molar-refractivity contribution in [2.45, 2.75) is 6.18 Å². The van der Waals surface area contributed by atoms with Crippen LogP contribution in [-0.4, -0.2) is 20.2 Å². The first kappa shape index (κ1) is 24.0. The highest BCUT2D eigenvalue weighted by atomic mass is 19.4. The van der Waals surface area contributed by atoms with E-state index in [4.69, 9.17) is 23.0 Å². The summed E-state index contributed by atoms with van der Waals surface area (Å²) in [6.45, 7) is 0. The molecular weight excluding hydrogens is 493 g/mol. The minimum Gasteiger partial charge on any atom is -0.496 e. The fraction of sp³-hybridized carbons (Fsp3) is 0.111. The molecule has 37 heavy (non-hydrogen) atoms. The maximum absolute atomic E-state index is 14.0. The Morgan fingerprint density at radius 2 is 1.59 bits per heavy atom. The Morgan fingerprint density at radius 1 is 0.865 bits per heavy atom. The van der Waals surface area contributed by atoms with E-state index in [9.17, 15) is 22.8 Å². The van der Waals surface area contributed by atoms with Crippen molar-refractivity contribution in [1.82, 2.24) is 0 Å². The monoisotopic (exact) mass is 510 g/mol. The molecule has 0 N–H and O–H groups in total. The summed E-state index contributed by atoms with van der Waals surface area (Å²) >= 11 is 0. The highest BCUT2D eigenvalue weighted by Crippen LogP contribution is 2.40. The van der Waals surface area contributed by atoms with Crippen LogP contribution in [0.15, 0.2) is 80.4 Å². The van der Waals surface area contributed by atoms with Gasteiger partial charge < -0.3 is 23.0 Å². The van der Waals surface area contributed by atoms with Crippen LogP contribution >= 0.6 is 0 Å². The molecule has 0 aliphatic rings. The van der Waals surface area contributed by atoms with Gasteiger partial charge in [0.05, 0.1) is 25.2 Å². The summed E-state index contributed by atoms with van der Waals surface area (Å²) < 4.78 is 68.4. The summed E-state index contributed by atoms with van der Waals surface area (Å²) in [7, 11) is 2.74.